The lowest BCUT2D eigenvalue weighted by Gasteiger charge is -2.15. The van der Waals surface area contributed by atoms with Gasteiger partial charge in [0, 0.05) is 4.70 Å². The molecule has 1 heterocycles. The molecule has 1 amide bonds. The number of nitrogens with one attached hydrogen (secondary N) is 1. The first-order chi connectivity index (χ1) is 11.2. The van der Waals surface area contributed by atoms with Gasteiger partial charge in [0.2, 0.25) is 0 Å². The number of hydrogen-bond donors (Lipinski definition) is 2. The average molecular weight is 329 g/mol. The van der Waals surface area contributed by atoms with Crippen LogP contribution in [0.25, 0.3) is 10.1 Å². The van der Waals surface area contributed by atoms with Gasteiger partial charge in [-0.05, 0) is 41.6 Å². The molecule has 23 heavy (non-hydrogen) atoms. The van der Waals surface area contributed by atoms with Crippen molar-refractivity contribution in [1.82, 2.24) is 5.32 Å². The monoisotopic (exact) mass is 329 g/mol. The van der Waals surface area contributed by atoms with Crippen molar-refractivity contribution in [3.63, 3.8) is 0 Å². The van der Waals surface area contributed by atoms with Crippen LogP contribution in [0.1, 0.15) is 15.2 Å². The van der Waals surface area contributed by atoms with E-state index < -0.39 is 6.04 Å². The zero-order valence-electron chi connectivity index (χ0n) is 12.3. The first kappa shape index (κ1) is 15.6. The summed E-state index contributed by atoms with van der Waals surface area (Å²) in [6.07, 6.45) is 0.380. The number of fused-ring (bicyclic) bond motifs is 1. The SMILES string of the molecule is O=C(N[C@@H](CO)Cc1cccc(F)c1)c1cc2ccccc2s1. The quantitative estimate of drug-likeness (QED) is 0.754. The van der Waals surface area contributed by atoms with Crippen LogP contribution >= 0.6 is 11.3 Å². The number of aliphatic hydroxyl groups is 1. The minimum Gasteiger partial charge on any atom is -0.394 e. The standard InChI is InChI=1S/C18H16FNO2S/c19-14-6-3-4-12(8-14)9-15(11-21)20-18(22)17-10-13-5-1-2-7-16(13)23-17/h1-8,10,15,21H,9,11H2,(H,20,22)/t15-/m1/s1. The maximum Gasteiger partial charge on any atom is 0.261 e. The second-order valence-corrected chi connectivity index (χ2v) is 6.42. The third-order valence-electron chi connectivity index (χ3n) is 3.58. The Hall–Kier alpha value is -2.24. The van der Waals surface area contributed by atoms with Gasteiger partial charge in [-0.15, -0.1) is 11.3 Å². The summed E-state index contributed by atoms with van der Waals surface area (Å²) in [5.41, 5.74) is 0.737. The number of amides is 1. The Bertz CT molecular complexity index is 798. The number of halogens is 1. The molecule has 3 aromatic rings. The number of hydrogen-bond acceptors (Lipinski definition) is 3. The smallest absolute Gasteiger partial charge is 0.261 e. The van der Waals surface area contributed by atoms with Crippen molar-refractivity contribution in [2.75, 3.05) is 6.61 Å². The van der Waals surface area contributed by atoms with E-state index in [1.807, 2.05) is 30.3 Å². The van der Waals surface area contributed by atoms with Crippen molar-refractivity contribution >= 4 is 27.3 Å². The molecule has 5 heteroatoms. The first-order valence-corrected chi connectivity index (χ1v) is 8.12. The van der Waals surface area contributed by atoms with E-state index in [4.69, 9.17) is 0 Å². The molecule has 0 aliphatic rings. The van der Waals surface area contributed by atoms with Gasteiger partial charge in [-0.25, -0.2) is 4.39 Å². The highest BCUT2D eigenvalue weighted by Crippen LogP contribution is 2.25. The lowest BCUT2D eigenvalue weighted by atomic mass is 10.1. The molecule has 0 aliphatic heterocycles. The van der Waals surface area contributed by atoms with Crippen LogP contribution in [0.15, 0.2) is 54.6 Å². The number of aliphatic hydroxyl groups excluding tert-OH is 1. The van der Waals surface area contributed by atoms with Crippen LogP contribution in [0.4, 0.5) is 4.39 Å². The van der Waals surface area contributed by atoms with Gasteiger partial charge in [-0.3, -0.25) is 4.79 Å². The molecule has 0 spiro atoms. The van der Waals surface area contributed by atoms with Gasteiger partial charge in [0.05, 0.1) is 17.5 Å². The Morgan fingerprint density at radius 3 is 2.74 bits per heavy atom. The lowest BCUT2D eigenvalue weighted by Crippen LogP contribution is -2.38. The number of thiophene rings is 1. The Morgan fingerprint density at radius 2 is 2.00 bits per heavy atom. The first-order valence-electron chi connectivity index (χ1n) is 7.30. The van der Waals surface area contributed by atoms with Gasteiger partial charge in [-0.2, -0.15) is 0 Å². The summed E-state index contributed by atoms with van der Waals surface area (Å²) >= 11 is 1.41. The molecule has 1 atom stereocenters. The average Bonchev–Trinajstić information content (AvgIpc) is 2.98. The molecule has 0 saturated carbocycles. The van der Waals surface area contributed by atoms with E-state index in [2.05, 4.69) is 5.32 Å². The zero-order valence-corrected chi connectivity index (χ0v) is 13.1. The molecular weight excluding hydrogens is 313 g/mol. The normalized spacial score (nSPS) is 12.3. The zero-order chi connectivity index (χ0) is 16.2. The third kappa shape index (κ3) is 3.75. The Balaban J connectivity index is 1.71. The fourth-order valence-corrected chi connectivity index (χ4v) is 3.43. The largest absolute Gasteiger partial charge is 0.394 e. The lowest BCUT2D eigenvalue weighted by molar-refractivity contribution is 0.0920. The van der Waals surface area contributed by atoms with E-state index in [-0.39, 0.29) is 18.3 Å². The Kier molecular flexibility index (Phi) is 4.69. The van der Waals surface area contributed by atoms with Crippen molar-refractivity contribution in [1.29, 1.82) is 0 Å². The summed E-state index contributed by atoms with van der Waals surface area (Å²) in [6.45, 7) is -0.201. The van der Waals surface area contributed by atoms with Crippen molar-refractivity contribution in [3.8, 4) is 0 Å². The fourth-order valence-electron chi connectivity index (χ4n) is 2.46. The molecule has 2 aromatic carbocycles. The minimum atomic E-state index is -0.450. The summed E-state index contributed by atoms with van der Waals surface area (Å²) in [4.78, 5) is 13.0. The molecule has 0 bridgehead atoms. The molecule has 118 valence electrons. The molecule has 3 rings (SSSR count). The second-order valence-electron chi connectivity index (χ2n) is 5.34. The van der Waals surface area contributed by atoms with Crippen LogP contribution < -0.4 is 5.32 Å². The molecule has 2 N–H and O–H groups in total. The highest BCUT2D eigenvalue weighted by Gasteiger charge is 2.16. The van der Waals surface area contributed by atoms with Gasteiger partial charge in [-0.1, -0.05) is 30.3 Å². The highest BCUT2D eigenvalue weighted by atomic mass is 32.1. The van der Waals surface area contributed by atoms with E-state index in [1.165, 1.54) is 23.5 Å². The molecule has 0 unspecified atom stereocenters. The fraction of sp³-hybridized carbons (Fsp3) is 0.167. The van der Waals surface area contributed by atoms with E-state index in [0.29, 0.717) is 11.3 Å². The maximum atomic E-state index is 13.2. The molecule has 0 aliphatic carbocycles. The molecule has 0 fully saturated rings. The number of carbonyl (C=O) groups excluding carboxylic acids is 1. The topological polar surface area (TPSA) is 49.3 Å². The van der Waals surface area contributed by atoms with Crippen LogP contribution in [0, 0.1) is 5.82 Å². The Morgan fingerprint density at radius 1 is 1.17 bits per heavy atom. The molecule has 0 radical (unpaired) electrons. The van der Waals surface area contributed by atoms with E-state index in [9.17, 15) is 14.3 Å². The van der Waals surface area contributed by atoms with Crippen molar-refractivity contribution in [3.05, 3.63) is 70.9 Å². The predicted octanol–water partition coefficient (Wildman–Crippen LogP) is 3.37. The van der Waals surface area contributed by atoms with Crippen LogP contribution in [-0.4, -0.2) is 23.7 Å². The van der Waals surface area contributed by atoms with Gasteiger partial charge in [0.25, 0.3) is 5.91 Å². The van der Waals surface area contributed by atoms with Gasteiger partial charge < -0.3 is 10.4 Å². The minimum absolute atomic E-state index is 0.201. The van der Waals surface area contributed by atoms with E-state index in [0.717, 1.165) is 15.6 Å². The molecular formula is C18H16FNO2S. The van der Waals surface area contributed by atoms with E-state index >= 15 is 0 Å². The summed E-state index contributed by atoms with van der Waals surface area (Å²) in [5.74, 6) is -0.545. The third-order valence-corrected chi connectivity index (χ3v) is 4.69. The highest BCUT2D eigenvalue weighted by molar-refractivity contribution is 7.20. The van der Waals surface area contributed by atoms with Gasteiger partial charge in [0.15, 0.2) is 0 Å². The summed E-state index contributed by atoms with van der Waals surface area (Å²) in [7, 11) is 0. The number of benzene rings is 2. The summed E-state index contributed by atoms with van der Waals surface area (Å²) < 4.78 is 14.3. The van der Waals surface area contributed by atoms with Crippen LogP contribution in [0.2, 0.25) is 0 Å². The van der Waals surface area contributed by atoms with Crippen molar-refractivity contribution in [2.45, 2.75) is 12.5 Å². The van der Waals surface area contributed by atoms with Crippen LogP contribution in [-0.2, 0) is 6.42 Å². The second kappa shape index (κ2) is 6.89. The Labute approximate surface area is 137 Å². The molecule has 1 aromatic heterocycles. The van der Waals surface area contributed by atoms with E-state index in [1.54, 1.807) is 12.1 Å². The van der Waals surface area contributed by atoms with Gasteiger partial charge >= 0.3 is 0 Å². The van der Waals surface area contributed by atoms with Crippen molar-refractivity contribution in [2.24, 2.45) is 0 Å². The number of rotatable bonds is 5. The predicted molar refractivity (Wildman–Crippen MR) is 90.3 cm³/mol. The number of carbonyl (C=O) groups is 1. The molecule has 0 saturated heterocycles. The molecule has 3 nitrogen and oxygen atoms in total. The van der Waals surface area contributed by atoms with Crippen LogP contribution in [0.5, 0.6) is 0 Å². The van der Waals surface area contributed by atoms with Gasteiger partial charge in [0.1, 0.15) is 5.82 Å². The van der Waals surface area contributed by atoms with Crippen molar-refractivity contribution < 1.29 is 14.3 Å². The maximum absolute atomic E-state index is 13.2. The van der Waals surface area contributed by atoms with Crippen LogP contribution in [0.3, 0.4) is 0 Å². The summed E-state index contributed by atoms with van der Waals surface area (Å²) in [5, 5.41) is 13.3. The summed E-state index contributed by atoms with van der Waals surface area (Å²) in [6, 6.07) is 15.3.